The molecule has 0 spiro atoms. The zero-order valence-electron chi connectivity index (χ0n) is 28.1. The van der Waals surface area contributed by atoms with Crippen LogP contribution in [0.25, 0.3) is 85.6 Å². The van der Waals surface area contributed by atoms with Crippen LogP contribution in [0.15, 0.2) is 139 Å². The van der Waals surface area contributed by atoms with Crippen molar-refractivity contribution in [2.45, 2.75) is 0 Å². The lowest BCUT2D eigenvalue weighted by Crippen LogP contribution is -2.00. The molecule has 206 valence electrons. The molecule has 0 saturated carbocycles. The van der Waals surface area contributed by atoms with Crippen molar-refractivity contribution in [2.24, 2.45) is 0 Å². The molecule has 6 aromatic carbocycles. The molecule has 0 atom stereocenters. The summed E-state index contributed by atoms with van der Waals surface area (Å²) in [4.78, 5) is 14.4. The van der Waals surface area contributed by atoms with Gasteiger partial charge in [-0.05, 0) is 35.4 Å². The van der Waals surface area contributed by atoms with E-state index in [4.69, 9.17) is 16.8 Å². The highest BCUT2D eigenvalue weighted by Crippen LogP contribution is 2.44. The first-order valence-electron chi connectivity index (χ1n) is 16.6. The normalized spacial score (nSPS) is 13.2. The van der Waals surface area contributed by atoms with E-state index in [1.807, 2.05) is 42.5 Å². The summed E-state index contributed by atoms with van der Waals surface area (Å²) in [6.45, 7) is 0. The first-order valence-corrected chi connectivity index (χ1v) is 15.8. The molecule has 3 aromatic heterocycles. The van der Waals surface area contributed by atoms with Gasteiger partial charge in [0, 0.05) is 57.0 Å². The molecule has 3 heterocycles. The van der Waals surface area contributed by atoms with Gasteiger partial charge >= 0.3 is 0 Å². The Morgan fingerprint density at radius 3 is 2.02 bits per heavy atom. The summed E-state index contributed by atoms with van der Waals surface area (Å²) in [6.07, 6.45) is 0. The molecule has 0 N–H and O–H groups in total. The number of rotatable bonds is 4. The van der Waals surface area contributed by atoms with Crippen LogP contribution >= 0.6 is 22.7 Å². The number of aromatic nitrogens is 3. The van der Waals surface area contributed by atoms with E-state index in [9.17, 15) is 0 Å². The van der Waals surface area contributed by atoms with Gasteiger partial charge in [0.05, 0.1) is 6.85 Å². The Balaban J connectivity index is 1.30. The van der Waals surface area contributed by atoms with E-state index in [2.05, 4.69) is 71.7 Å². The van der Waals surface area contributed by atoms with Gasteiger partial charge in [-0.2, -0.15) is 0 Å². The molecule has 9 aromatic rings. The Labute approximate surface area is 268 Å². The molecule has 3 nitrogen and oxygen atoms in total. The van der Waals surface area contributed by atoms with Crippen LogP contribution in [0.4, 0.5) is 0 Å². The Bertz CT molecular complexity index is 2760. The van der Waals surface area contributed by atoms with Gasteiger partial charge in [-0.25, -0.2) is 15.0 Å². The smallest absolute Gasteiger partial charge is 0.164 e. The fourth-order valence-electron chi connectivity index (χ4n) is 5.84. The van der Waals surface area contributed by atoms with E-state index in [1.165, 1.54) is 25.7 Å². The molecule has 9 rings (SSSR count). The van der Waals surface area contributed by atoms with Crippen LogP contribution in [-0.4, -0.2) is 15.0 Å². The molecule has 0 unspecified atom stereocenters. The summed E-state index contributed by atoms with van der Waals surface area (Å²) in [5, 5.41) is 4.56. The van der Waals surface area contributed by atoms with Gasteiger partial charge in [0.1, 0.15) is 0 Å². The molecule has 0 aliphatic carbocycles. The minimum Gasteiger partial charge on any atom is -0.208 e. The van der Waals surface area contributed by atoms with Crippen LogP contribution in [0, 0.1) is 0 Å². The van der Waals surface area contributed by atoms with E-state index >= 15 is 0 Å². The van der Waals surface area contributed by atoms with Crippen LogP contribution in [0.1, 0.15) is 6.85 Å². The second-order valence-corrected chi connectivity index (χ2v) is 12.6. The molecule has 0 amide bonds. The minimum atomic E-state index is -0.465. The van der Waals surface area contributed by atoms with Crippen molar-refractivity contribution < 1.29 is 6.85 Å². The third-order valence-corrected chi connectivity index (χ3v) is 10.2. The fourth-order valence-corrected chi connectivity index (χ4v) is 8.19. The van der Waals surface area contributed by atoms with Crippen LogP contribution in [0.5, 0.6) is 0 Å². The van der Waals surface area contributed by atoms with Gasteiger partial charge < -0.3 is 0 Å². The number of hydrogen-bond donors (Lipinski definition) is 0. The molecular formula is C39H23N3S2. The minimum absolute atomic E-state index is 0.0227. The van der Waals surface area contributed by atoms with Gasteiger partial charge in [0.15, 0.2) is 17.5 Å². The number of nitrogens with zero attached hydrogens (tertiary/aromatic N) is 3. The van der Waals surface area contributed by atoms with Crippen molar-refractivity contribution in [1.29, 1.82) is 0 Å². The maximum absolute atomic E-state index is 8.67. The predicted octanol–water partition coefficient (Wildman–Crippen LogP) is 11.3. The number of hydrogen-bond acceptors (Lipinski definition) is 5. The van der Waals surface area contributed by atoms with Crippen LogP contribution in [0.3, 0.4) is 0 Å². The van der Waals surface area contributed by atoms with Crippen LogP contribution < -0.4 is 0 Å². The third-order valence-electron chi connectivity index (χ3n) is 7.84. The lowest BCUT2D eigenvalue weighted by molar-refractivity contribution is 1.08. The monoisotopic (exact) mass is 602 g/mol. The summed E-state index contributed by atoms with van der Waals surface area (Å²) in [5.74, 6) is 0.730. The SMILES string of the molecule is [2H]c1c([2H])c([2H])c(-c2nc(-c3ccccc3)nc(-c3cccc4sc5ccc(-c6cccc7c6sc6ccccc67)cc5c34)n2)c([2H])c1[2H]. The van der Waals surface area contributed by atoms with E-state index < -0.39 is 18.1 Å². The summed E-state index contributed by atoms with van der Waals surface area (Å²) in [7, 11) is 0. The summed E-state index contributed by atoms with van der Waals surface area (Å²) < 4.78 is 46.7. The predicted molar refractivity (Wildman–Crippen MR) is 187 cm³/mol. The quantitative estimate of drug-likeness (QED) is 0.201. The molecule has 0 saturated heterocycles. The molecule has 0 bridgehead atoms. The molecule has 0 aliphatic heterocycles. The summed E-state index contributed by atoms with van der Waals surface area (Å²) in [5.41, 5.74) is 3.72. The van der Waals surface area contributed by atoms with Crippen molar-refractivity contribution in [2.75, 3.05) is 0 Å². The van der Waals surface area contributed by atoms with Gasteiger partial charge in [0.25, 0.3) is 0 Å². The van der Waals surface area contributed by atoms with Crippen molar-refractivity contribution in [3.8, 4) is 45.3 Å². The molecule has 0 fully saturated rings. The molecule has 0 radical (unpaired) electrons. The maximum Gasteiger partial charge on any atom is 0.164 e. The number of benzene rings is 6. The topological polar surface area (TPSA) is 38.7 Å². The Morgan fingerprint density at radius 1 is 0.455 bits per heavy atom. The zero-order valence-corrected chi connectivity index (χ0v) is 24.7. The second kappa shape index (κ2) is 10.2. The highest BCUT2D eigenvalue weighted by atomic mass is 32.1. The van der Waals surface area contributed by atoms with E-state index in [0.29, 0.717) is 11.6 Å². The third kappa shape index (κ3) is 4.13. The van der Waals surface area contributed by atoms with Gasteiger partial charge in [-0.3, -0.25) is 0 Å². The Hall–Kier alpha value is -5.23. The van der Waals surface area contributed by atoms with Gasteiger partial charge in [0.2, 0.25) is 0 Å². The highest BCUT2D eigenvalue weighted by Gasteiger charge is 2.18. The van der Waals surface area contributed by atoms with E-state index in [1.54, 1.807) is 22.7 Å². The Morgan fingerprint density at radius 2 is 1.14 bits per heavy atom. The standard InChI is InChI=1S/C39H23N3S2/c1-3-11-24(12-4-1)37-40-38(25-13-5-2-6-14-25)42-39(41-37)30-18-10-20-34-35(30)31-23-26(21-22-33(31)43-34)27-16-9-17-29-28-15-7-8-19-32(28)44-36(27)29/h1-23H/i1D,3D,4D,11D,12D. The lowest BCUT2D eigenvalue weighted by atomic mass is 9.99. The van der Waals surface area contributed by atoms with Crippen molar-refractivity contribution in [3.05, 3.63) is 139 Å². The van der Waals surface area contributed by atoms with E-state index in [-0.39, 0.29) is 23.5 Å². The summed E-state index contributed by atoms with van der Waals surface area (Å²) >= 11 is 3.50. The van der Waals surface area contributed by atoms with E-state index in [0.717, 1.165) is 36.9 Å². The molecular weight excluding hydrogens is 575 g/mol. The number of thiophene rings is 2. The summed E-state index contributed by atoms with van der Waals surface area (Å²) in [6, 6.07) is 35.0. The average Bonchev–Trinajstić information content (AvgIpc) is 3.72. The van der Waals surface area contributed by atoms with Crippen LogP contribution in [0.2, 0.25) is 0 Å². The maximum atomic E-state index is 8.67. The Kier molecular flexibility index (Phi) is 4.78. The zero-order chi connectivity index (χ0) is 33.4. The fraction of sp³-hybridized carbons (Fsp3) is 0. The highest BCUT2D eigenvalue weighted by molar-refractivity contribution is 7.26. The average molecular weight is 603 g/mol. The first kappa shape index (κ1) is 20.6. The molecule has 0 aliphatic rings. The lowest BCUT2D eigenvalue weighted by Gasteiger charge is -2.10. The van der Waals surface area contributed by atoms with Crippen LogP contribution in [-0.2, 0) is 0 Å². The van der Waals surface area contributed by atoms with Crippen molar-refractivity contribution in [1.82, 2.24) is 15.0 Å². The molecule has 44 heavy (non-hydrogen) atoms. The van der Waals surface area contributed by atoms with Crippen molar-refractivity contribution in [3.63, 3.8) is 0 Å². The number of fused-ring (bicyclic) bond motifs is 6. The largest absolute Gasteiger partial charge is 0.208 e. The molecule has 5 heteroatoms. The van der Waals surface area contributed by atoms with Crippen molar-refractivity contribution >= 4 is 63.0 Å². The van der Waals surface area contributed by atoms with Gasteiger partial charge in [-0.1, -0.05) is 115 Å². The second-order valence-electron chi connectivity index (χ2n) is 10.4. The first-order chi connectivity index (χ1) is 23.9. The van der Waals surface area contributed by atoms with Gasteiger partial charge in [-0.15, -0.1) is 22.7 Å².